The van der Waals surface area contributed by atoms with Gasteiger partial charge in [-0.2, -0.15) is 0 Å². The molecule has 0 spiro atoms. The van der Waals surface area contributed by atoms with E-state index in [0.29, 0.717) is 22.8 Å². The van der Waals surface area contributed by atoms with Crippen molar-refractivity contribution in [3.05, 3.63) is 76.3 Å². The topological polar surface area (TPSA) is 179 Å². The average molecular weight is 866 g/mol. The first-order valence-electron chi connectivity index (χ1n) is 21.3. The molecule has 2 heterocycles. The van der Waals surface area contributed by atoms with Crippen LogP contribution in [0.1, 0.15) is 104 Å². The van der Waals surface area contributed by atoms with E-state index < -0.39 is 53.5 Å². The number of rotatable bonds is 15. The van der Waals surface area contributed by atoms with Gasteiger partial charge >= 0.3 is 11.9 Å². The Morgan fingerprint density at radius 3 is 2.25 bits per heavy atom. The number of halogens is 1. The number of ketones is 1. The monoisotopic (exact) mass is 865 g/mol. The van der Waals surface area contributed by atoms with Crippen LogP contribution in [0.3, 0.4) is 0 Å². The zero-order valence-corrected chi connectivity index (χ0v) is 37.9. The van der Waals surface area contributed by atoms with Crippen molar-refractivity contribution in [3.8, 4) is 5.75 Å². The van der Waals surface area contributed by atoms with Crippen molar-refractivity contribution in [1.82, 2.24) is 16.0 Å². The van der Waals surface area contributed by atoms with E-state index in [9.17, 15) is 28.8 Å². The molecule has 0 bridgehead atoms. The fourth-order valence-electron chi connectivity index (χ4n) is 6.91. The van der Waals surface area contributed by atoms with Crippen LogP contribution in [-0.2, 0) is 55.8 Å². The van der Waals surface area contributed by atoms with Crippen molar-refractivity contribution < 1.29 is 47.7 Å². The fourth-order valence-corrected chi connectivity index (χ4v) is 7.19. The van der Waals surface area contributed by atoms with E-state index in [4.69, 9.17) is 30.5 Å². The van der Waals surface area contributed by atoms with Gasteiger partial charge in [0.15, 0.2) is 11.9 Å². The Kier molecular flexibility index (Phi) is 17.5. The lowest BCUT2D eigenvalue weighted by atomic mass is 9.92. The average Bonchev–Trinajstić information content (AvgIpc) is 4.01. The predicted molar refractivity (Wildman–Crippen MR) is 232 cm³/mol. The van der Waals surface area contributed by atoms with Crippen LogP contribution >= 0.6 is 11.6 Å². The third kappa shape index (κ3) is 14.1. The van der Waals surface area contributed by atoms with Crippen LogP contribution in [0.4, 0.5) is 0 Å². The second-order valence-electron chi connectivity index (χ2n) is 17.8. The lowest BCUT2D eigenvalue weighted by Crippen LogP contribution is -2.51. The molecule has 334 valence electrons. The number of nitrogens with one attached hydrogen (secondary N) is 3. The zero-order chi connectivity index (χ0) is 45.2. The van der Waals surface area contributed by atoms with Crippen molar-refractivity contribution >= 4 is 47.0 Å². The molecule has 61 heavy (non-hydrogen) atoms. The van der Waals surface area contributed by atoms with E-state index >= 15 is 0 Å². The van der Waals surface area contributed by atoms with Gasteiger partial charge in [-0.15, -0.1) is 0 Å². The maximum absolute atomic E-state index is 13.8. The molecular formula is C47H64ClN3O10. The Morgan fingerprint density at radius 2 is 1.62 bits per heavy atom. The lowest BCUT2D eigenvalue weighted by Gasteiger charge is -2.29. The number of methoxy groups -OCH3 is 1. The SMILES string of the molecule is COc1ccc(C[C@H]2NC(=O)/C=C/C[C@@H]([C@H](C)[C@H]3O[C@@H]3c3ccc(CCC(=O)[C@H](C)NC(=O)[C@@H](C)C(C)C)cc3)OC(=O)[C@H](CC(C)C)OC(=O)C(C)(C)CNC2=O)cc1Cl. The summed E-state index contributed by atoms with van der Waals surface area (Å²) in [6.07, 6.45) is 1.56. The van der Waals surface area contributed by atoms with Crippen LogP contribution in [0.15, 0.2) is 54.6 Å². The smallest absolute Gasteiger partial charge is 0.347 e. The van der Waals surface area contributed by atoms with Crippen LogP contribution in [0, 0.1) is 29.1 Å². The first-order valence-corrected chi connectivity index (χ1v) is 21.6. The molecule has 0 radical (unpaired) electrons. The van der Waals surface area contributed by atoms with Gasteiger partial charge in [-0.1, -0.05) is 89.6 Å². The van der Waals surface area contributed by atoms with E-state index in [2.05, 4.69) is 16.0 Å². The highest BCUT2D eigenvalue weighted by Gasteiger charge is 2.48. The van der Waals surface area contributed by atoms with E-state index in [-0.39, 0.29) is 79.8 Å². The summed E-state index contributed by atoms with van der Waals surface area (Å²) in [7, 11) is 1.50. The summed E-state index contributed by atoms with van der Waals surface area (Å²) in [6.45, 7) is 16.3. The third-order valence-corrected chi connectivity index (χ3v) is 11.8. The first kappa shape index (κ1) is 48.9. The molecule has 1 saturated heterocycles. The zero-order valence-electron chi connectivity index (χ0n) is 37.2. The number of epoxide rings is 1. The highest BCUT2D eigenvalue weighted by Crippen LogP contribution is 2.45. The van der Waals surface area contributed by atoms with Crippen molar-refractivity contribution in [1.29, 1.82) is 0 Å². The van der Waals surface area contributed by atoms with Gasteiger partial charge < -0.3 is 34.9 Å². The van der Waals surface area contributed by atoms with Gasteiger partial charge in [-0.3, -0.25) is 24.0 Å². The number of carbonyl (C=O) groups is 6. The molecule has 13 nitrogen and oxygen atoms in total. The van der Waals surface area contributed by atoms with Gasteiger partial charge in [0.05, 0.1) is 29.7 Å². The van der Waals surface area contributed by atoms with Crippen molar-refractivity contribution in [3.63, 3.8) is 0 Å². The molecule has 2 aliphatic rings. The number of amides is 3. The Morgan fingerprint density at radius 1 is 0.951 bits per heavy atom. The van der Waals surface area contributed by atoms with Crippen LogP contribution < -0.4 is 20.7 Å². The van der Waals surface area contributed by atoms with Crippen LogP contribution in [0.2, 0.25) is 5.02 Å². The van der Waals surface area contributed by atoms with Gasteiger partial charge in [0.25, 0.3) is 0 Å². The molecule has 1 fully saturated rings. The van der Waals surface area contributed by atoms with Crippen LogP contribution in [0.25, 0.3) is 0 Å². The van der Waals surface area contributed by atoms with Crippen molar-refractivity contribution in [2.75, 3.05) is 13.7 Å². The van der Waals surface area contributed by atoms with E-state index in [1.807, 2.05) is 65.8 Å². The quantitative estimate of drug-likeness (QED) is 0.134. The molecule has 3 amide bonds. The standard InChI is InChI=1S/C47H64ClN3O10/c1-26(2)22-39-45(56)59-37(29(6)41-42(61-41)33-18-14-31(15-19-33)16-20-36(52)30(7)50-43(54)28(5)27(3)4)12-11-13-40(53)51-35(24-32-17-21-38(58-10)34(48)23-32)44(55)49-25-47(8,9)46(57)60-39/h11,13-15,17-19,21,23,26-30,35,37,39,41-42H,12,16,20,22,24-25H2,1-10H3,(H,49,55)(H,50,54)(H,51,53)/b13-11+/t28-,29-,30-,35+,37-,39-,41+,42+/m0/s1. The number of hydrogen-bond donors (Lipinski definition) is 3. The lowest BCUT2D eigenvalue weighted by molar-refractivity contribution is -0.179. The van der Waals surface area contributed by atoms with Crippen molar-refractivity contribution in [2.24, 2.45) is 29.1 Å². The summed E-state index contributed by atoms with van der Waals surface area (Å²) < 4.78 is 23.4. The second-order valence-corrected chi connectivity index (χ2v) is 18.2. The normalized spacial score (nSPS) is 24.4. The Labute approximate surface area is 365 Å². The molecule has 2 aromatic rings. The number of hydrogen-bond acceptors (Lipinski definition) is 10. The van der Waals surface area contributed by atoms with E-state index in [0.717, 1.165) is 11.1 Å². The van der Waals surface area contributed by atoms with Gasteiger partial charge in [0.1, 0.15) is 24.0 Å². The molecule has 4 rings (SSSR count). The van der Waals surface area contributed by atoms with Gasteiger partial charge in [-0.25, -0.2) is 4.79 Å². The minimum Gasteiger partial charge on any atom is -0.495 e. The summed E-state index contributed by atoms with van der Waals surface area (Å²) in [5.41, 5.74) is 1.32. The van der Waals surface area contributed by atoms with Crippen LogP contribution in [-0.4, -0.2) is 79.5 Å². The first-order chi connectivity index (χ1) is 28.7. The van der Waals surface area contributed by atoms with Gasteiger partial charge in [0.2, 0.25) is 17.7 Å². The predicted octanol–water partition coefficient (Wildman–Crippen LogP) is 6.42. The molecule has 0 unspecified atom stereocenters. The summed E-state index contributed by atoms with van der Waals surface area (Å²) in [4.78, 5) is 79.6. The van der Waals surface area contributed by atoms with E-state index in [1.54, 1.807) is 45.0 Å². The highest BCUT2D eigenvalue weighted by atomic mass is 35.5. The Hall–Kier alpha value is -4.75. The van der Waals surface area contributed by atoms with E-state index in [1.165, 1.54) is 13.2 Å². The largest absolute Gasteiger partial charge is 0.495 e. The second kappa shape index (κ2) is 21.9. The number of aryl methyl sites for hydroxylation is 1. The molecule has 2 aromatic carbocycles. The molecule has 14 heteroatoms. The number of ether oxygens (including phenoxy) is 4. The molecular weight excluding hydrogens is 802 g/mol. The highest BCUT2D eigenvalue weighted by molar-refractivity contribution is 6.32. The number of cyclic esters (lactones) is 2. The maximum Gasteiger partial charge on any atom is 0.347 e. The third-order valence-electron chi connectivity index (χ3n) is 11.5. The molecule has 8 atom stereocenters. The Bertz CT molecular complexity index is 1910. The summed E-state index contributed by atoms with van der Waals surface area (Å²) in [5.74, 6) is -2.54. The molecule has 0 saturated carbocycles. The molecule has 0 aromatic heterocycles. The minimum absolute atomic E-state index is 0.0227. The Balaban J connectivity index is 1.49. The maximum atomic E-state index is 13.8. The van der Waals surface area contributed by atoms with Crippen molar-refractivity contribution in [2.45, 2.75) is 131 Å². The number of Topliss-reactive ketones (excluding diaryl/α,β-unsaturated/α-hetero) is 1. The molecule has 0 aliphatic carbocycles. The summed E-state index contributed by atoms with van der Waals surface area (Å²) in [6, 6.07) is 11.3. The van der Waals surface area contributed by atoms with Gasteiger partial charge in [-0.05, 0) is 80.3 Å². The molecule has 3 N–H and O–H groups in total. The molecule has 2 aliphatic heterocycles. The minimum atomic E-state index is -1.24. The number of benzene rings is 2. The fraction of sp³-hybridized carbons (Fsp3) is 0.574. The van der Waals surface area contributed by atoms with Gasteiger partial charge in [0, 0.05) is 37.6 Å². The summed E-state index contributed by atoms with van der Waals surface area (Å²) >= 11 is 6.36. The number of esters is 2. The summed E-state index contributed by atoms with van der Waals surface area (Å²) in [5, 5.41) is 8.73. The number of carbonyl (C=O) groups excluding carboxylic acids is 6. The van der Waals surface area contributed by atoms with Crippen LogP contribution in [0.5, 0.6) is 5.75 Å².